The summed E-state index contributed by atoms with van der Waals surface area (Å²) >= 11 is 5.97. The molecule has 0 radical (unpaired) electrons. The minimum absolute atomic E-state index is 0.495. The van der Waals surface area contributed by atoms with E-state index in [1.165, 1.54) is 19.3 Å². The van der Waals surface area contributed by atoms with E-state index in [0.717, 1.165) is 23.8 Å². The van der Waals surface area contributed by atoms with Gasteiger partial charge in [0, 0.05) is 17.1 Å². The SMILES string of the molecule is CCOc1cc(Cl)ccc1CN=C(N)NCC1CCC1. The molecule has 0 saturated heterocycles. The summed E-state index contributed by atoms with van der Waals surface area (Å²) in [5.41, 5.74) is 6.86. The Balaban J connectivity index is 1.90. The van der Waals surface area contributed by atoms with Crippen LogP contribution in [-0.2, 0) is 6.54 Å². The van der Waals surface area contributed by atoms with Gasteiger partial charge in [0.2, 0.25) is 0 Å². The van der Waals surface area contributed by atoms with Crippen LogP contribution in [0.4, 0.5) is 0 Å². The molecule has 0 aromatic heterocycles. The van der Waals surface area contributed by atoms with Crippen molar-refractivity contribution in [3.63, 3.8) is 0 Å². The summed E-state index contributed by atoms with van der Waals surface area (Å²) in [6, 6.07) is 5.58. The van der Waals surface area contributed by atoms with Gasteiger partial charge in [-0.25, -0.2) is 4.99 Å². The fourth-order valence-corrected chi connectivity index (χ4v) is 2.28. The lowest BCUT2D eigenvalue weighted by Gasteiger charge is -2.25. The van der Waals surface area contributed by atoms with Crippen LogP contribution in [0.1, 0.15) is 31.7 Å². The molecule has 110 valence electrons. The maximum Gasteiger partial charge on any atom is 0.188 e. The number of benzene rings is 1. The molecule has 0 bridgehead atoms. The molecular weight excluding hydrogens is 274 g/mol. The number of guanidine groups is 1. The molecule has 5 heteroatoms. The van der Waals surface area contributed by atoms with Crippen molar-refractivity contribution in [1.29, 1.82) is 0 Å². The molecule has 20 heavy (non-hydrogen) atoms. The Hall–Kier alpha value is -1.42. The molecule has 3 N–H and O–H groups in total. The lowest BCUT2D eigenvalue weighted by molar-refractivity contribution is 0.315. The van der Waals surface area contributed by atoms with Crippen molar-refractivity contribution in [2.45, 2.75) is 32.7 Å². The van der Waals surface area contributed by atoms with Gasteiger partial charge >= 0.3 is 0 Å². The molecule has 1 aliphatic carbocycles. The van der Waals surface area contributed by atoms with Crippen LogP contribution in [0.5, 0.6) is 5.75 Å². The Kier molecular flexibility index (Phi) is 5.53. The van der Waals surface area contributed by atoms with Gasteiger partial charge in [-0.05, 0) is 37.8 Å². The number of nitrogens with one attached hydrogen (secondary N) is 1. The fourth-order valence-electron chi connectivity index (χ4n) is 2.12. The minimum Gasteiger partial charge on any atom is -0.493 e. The predicted molar refractivity (Wildman–Crippen MR) is 83.3 cm³/mol. The molecule has 0 aliphatic heterocycles. The minimum atomic E-state index is 0.495. The van der Waals surface area contributed by atoms with Crippen molar-refractivity contribution in [3.05, 3.63) is 28.8 Å². The maximum absolute atomic E-state index is 5.97. The van der Waals surface area contributed by atoms with Gasteiger partial charge in [-0.2, -0.15) is 0 Å². The largest absolute Gasteiger partial charge is 0.493 e. The van der Waals surface area contributed by atoms with E-state index in [2.05, 4.69) is 10.3 Å². The second-order valence-corrected chi connectivity index (χ2v) is 5.50. The molecule has 1 fully saturated rings. The summed E-state index contributed by atoms with van der Waals surface area (Å²) in [6.45, 7) is 3.97. The van der Waals surface area contributed by atoms with Crippen LogP contribution in [0.2, 0.25) is 5.02 Å². The van der Waals surface area contributed by atoms with Crippen molar-refractivity contribution < 1.29 is 4.74 Å². The van der Waals surface area contributed by atoms with Crippen LogP contribution >= 0.6 is 11.6 Å². The number of hydrogen-bond donors (Lipinski definition) is 2. The highest BCUT2D eigenvalue weighted by Crippen LogP contribution is 2.25. The normalized spacial score (nSPS) is 15.8. The van der Waals surface area contributed by atoms with Crippen LogP contribution < -0.4 is 15.8 Å². The van der Waals surface area contributed by atoms with E-state index in [9.17, 15) is 0 Å². The van der Waals surface area contributed by atoms with Gasteiger partial charge in [0.15, 0.2) is 5.96 Å². The summed E-state index contributed by atoms with van der Waals surface area (Å²) < 4.78 is 5.56. The highest BCUT2D eigenvalue weighted by Gasteiger charge is 2.16. The second kappa shape index (κ2) is 7.39. The monoisotopic (exact) mass is 295 g/mol. The van der Waals surface area contributed by atoms with E-state index < -0.39 is 0 Å². The first-order chi connectivity index (χ1) is 9.69. The molecule has 1 aromatic rings. The van der Waals surface area contributed by atoms with Crippen molar-refractivity contribution >= 4 is 17.6 Å². The Labute approximate surface area is 125 Å². The first kappa shape index (κ1) is 15.0. The molecule has 1 aromatic carbocycles. The quantitative estimate of drug-likeness (QED) is 0.626. The van der Waals surface area contributed by atoms with Gasteiger partial charge in [0.1, 0.15) is 5.75 Å². The standard InChI is InChI=1S/C15H22ClN3O/c1-2-20-14-8-13(16)7-6-12(14)10-19-15(17)18-9-11-4-3-5-11/h6-8,11H,2-5,9-10H2,1H3,(H3,17,18,19). The van der Waals surface area contributed by atoms with E-state index in [0.29, 0.717) is 24.1 Å². The third-order valence-corrected chi connectivity index (χ3v) is 3.78. The molecule has 0 amide bonds. The molecule has 1 aliphatic rings. The average Bonchev–Trinajstić information content (AvgIpc) is 2.36. The number of nitrogens with two attached hydrogens (primary N) is 1. The summed E-state index contributed by atoms with van der Waals surface area (Å²) in [5, 5.41) is 3.84. The van der Waals surface area contributed by atoms with E-state index in [4.69, 9.17) is 22.1 Å². The molecule has 0 unspecified atom stereocenters. The van der Waals surface area contributed by atoms with Gasteiger partial charge in [-0.1, -0.05) is 24.1 Å². The highest BCUT2D eigenvalue weighted by molar-refractivity contribution is 6.30. The Morgan fingerprint density at radius 2 is 2.30 bits per heavy atom. The first-order valence-corrected chi connectivity index (χ1v) is 7.52. The van der Waals surface area contributed by atoms with E-state index >= 15 is 0 Å². The van der Waals surface area contributed by atoms with Crippen LogP contribution in [0.15, 0.2) is 23.2 Å². The Bertz CT molecular complexity index is 472. The fraction of sp³-hybridized carbons (Fsp3) is 0.533. The third kappa shape index (κ3) is 4.30. The number of halogens is 1. The topological polar surface area (TPSA) is 59.6 Å². The molecule has 4 nitrogen and oxygen atoms in total. The van der Waals surface area contributed by atoms with Gasteiger partial charge in [-0.3, -0.25) is 0 Å². The molecule has 0 heterocycles. The zero-order valence-electron chi connectivity index (χ0n) is 11.9. The van der Waals surface area contributed by atoms with Gasteiger partial charge in [-0.15, -0.1) is 0 Å². The predicted octanol–water partition coefficient (Wildman–Crippen LogP) is 2.94. The van der Waals surface area contributed by atoms with Crippen molar-refractivity contribution in [2.24, 2.45) is 16.6 Å². The van der Waals surface area contributed by atoms with Gasteiger partial charge < -0.3 is 15.8 Å². The van der Waals surface area contributed by atoms with Gasteiger partial charge in [0.05, 0.1) is 13.2 Å². The van der Waals surface area contributed by atoms with Crippen LogP contribution in [0, 0.1) is 5.92 Å². The average molecular weight is 296 g/mol. The van der Waals surface area contributed by atoms with E-state index in [-0.39, 0.29) is 0 Å². The number of hydrogen-bond acceptors (Lipinski definition) is 2. The van der Waals surface area contributed by atoms with Crippen molar-refractivity contribution in [3.8, 4) is 5.75 Å². The summed E-state index contributed by atoms with van der Waals surface area (Å²) in [4.78, 5) is 4.36. The molecule has 0 spiro atoms. The van der Waals surface area contributed by atoms with Crippen LogP contribution in [-0.4, -0.2) is 19.1 Å². The summed E-state index contributed by atoms with van der Waals surface area (Å²) in [5.74, 6) is 2.03. The van der Waals surface area contributed by atoms with E-state index in [1.54, 1.807) is 0 Å². The number of rotatable bonds is 6. The maximum atomic E-state index is 5.97. The molecule has 2 rings (SSSR count). The Morgan fingerprint density at radius 3 is 2.95 bits per heavy atom. The Morgan fingerprint density at radius 1 is 1.50 bits per heavy atom. The lowest BCUT2D eigenvalue weighted by atomic mass is 9.85. The number of ether oxygens (including phenoxy) is 1. The second-order valence-electron chi connectivity index (χ2n) is 5.06. The zero-order valence-corrected chi connectivity index (χ0v) is 12.6. The van der Waals surface area contributed by atoms with Gasteiger partial charge in [0.25, 0.3) is 0 Å². The molecular formula is C15H22ClN3O. The summed E-state index contributed by atoms with van der Waals surface area (Å²) in [6.07, 6.45) is 3.93. The zero-order chi connectivity index (χ0) is 14.4. The number of aliphatic imine (C=N–C) groups is 1. The first-order valence-electron chi connectivity index (χ1n) is 7.14. The lowest BCUT2D eigenvalue weighted by Crippen LogP contribution is -2.37. The molecule has 1 saturated carbocycles. The molecule has 0 atom stereocenters. The van der Waals surface area contributed by atoms with E-state index in [1.807, 2.05) is 25.1 Å². The summed E-state index contributed by atoms with van der Waals surface area (Å²) in [7, 11) is 0. The van der Waals surface area contributed by atoms with Crippen molar-refractivity contribution in [1.82, 2.24) is 5.32 Å². The number of nitrogens with zero attached hydrogens (tertiary/aromatic N) is 1. The van der Waals surface area contributed by atoms with Crippen LogP contribution in [0.3, 0.4) is 0 Å². The third-order valence-electron chi connectivity index (χ3n) is 3.55. The van der Waals surface area contributed by atoms with Crippen molar-refractivity contribution in [2.75, 3.05) is 13.2 Å². The smallest absolute Gasteiger partial charge is 0.188 e. The van der Waals surface area contributed by atoms with Crippen LogP contribution in [0.25, 0.3) is 0 Å². The highest BCUT2D eigenvalue weighted by atomic mass is 35.5.